The lowest BCUT2D eigenvalue weighted by Gasteiger charge is -2.17. The van der Waals surface area contributed by atoms with Gasteiger partial charge in [0.25, 0.3) is 0 Å². The molecule has 0 fully saturated rings. The summed E-state index contributed by atoms with van der Waals surface area (Å²) < 4.78 is 1.63. The monoisotopic (exact) mass is 376 g/mol. The van der Waals surface area contributed by atoms with Gasteiger partial charge in [-0.25, -0.2) is 9.67 Å². The van der Waals surface area contributed by atoms with E-state index in [0.29, 0.717) is 24.5 Å². The molecule has 0 aliphatic heterocycles. The van der Waals surface area contributed by atoms with Gasteiger partial charge >= 0.3 is 0 Å². The number of aromatic nitrogens is 5. The van der Waals surface area contributed by atoms with E-state index in [1.54, 1.807) is 28.5 Å². The van der Waals surface area contributed by atoms with E-state index in [1.165, 1.54) is 0 Å². The van der Waals surface area contributed by atoms with Crippen molar-refractivity contribution in [2.24, 2.45) is 0 Å². The van der Waals surface area contributed by atoms with Crippen LogP contribution in [-0.4, -0.2) is 37.6 Å². The quantitative estimate of drug-likeness (QED) is 0.652. The molecule has 7 nitrogen and oxygen atoms in total. The van der Waals surface area contributed by atoms with E-state index >= 15 is 0 Å². The number of nitrogens with one attached hydrogen (secondary N) is 1. The van der Waals surface area contributed by atoms with Gasteiger partial charge in [0, 0.05) is 41.9 Å². The number of carbonyl (C=O) groups excluding carboxylic acids is 1. The second-order valence-corrected chi connectivity index (χ2v) is 6.93. The van der Waals surface area contributed by atoms with Crippen molar-refractivity contribution in [1.29, 1.82) is 0 Å². The molecule has 1 N–H and O–H groups in total. The molecule has 0 saturated carbocycles. The number of rotatable bonds is 8. The van der Waals surface area contributed by atoms with Crippen molar-refractivity contribution in [3.05, 3.63) is 57.8 Å². The molecule has 1 amide bonds. The first-order valence-electron chi connectivity index (χ1n) is 7.82. The molecule has 2 heterocycles. The topological polar surface area (TPSA) is 85.6 Å². The van der Waals surface area contributed by atoms with Gasteiger partial charge in [-0.1, -0.05) is 23.7 Å². The fourth-order valence-corrected chi connectivity index (χ4v) is 3.24. The highest BCUT2D eigenvalue weighted by atomic mass is 35.5. The van der Waals surface area contributed by atoms with E-state index < -0.39 is 0 Å². The molecule has 1 unspecified atom stereocenters. The average molecular weight is 377 g/mol. The number of amides is 1. The summed E-state index contributed by atoms with van der Waals surface area (Å²) in [6, 6.07) is 7.51. The zero-order valence-electron chi connectivity index (χ0n) is 13.4. The Morgan fingerprint density at radius 1 is 1.32 bits per heavy atom. The fraction of sp³-hybridized carbons (Fsp3) is 0.312. The summed E-state index contributed by atoms with van der Waals surface area (Å²) in [6.45, 7) is 1.10. The number of hydrogen-bond donors (Lipinski definition) is 1. The van der Waals surface area contributed by atoms with Crippen LogP contribution < -0.4 is 5.32 Å². The van der Waals surface area contributed by atoms with Crippen LogP contribution in [0.5, 0.6) is 0 Å². The van der Waals surface area contributed by atoms with Crippen LogP contribution in [0.4, 0.5) is 0 Å². The third kappa shape index (κ3) is 5.33. The van der Waals surface area contributed by atoms with Crippen LogP contribution in [0, 0.1) is 0 Å². The molecule has 0 saturated heterocycles. The van der Waals surface area contributed by atoms with E-state index in [4.69, 9.17) is 11.6 Å². The second kappa shape index (κ2) is 8.68. The third-order valence-electron chi connectivity index (χ3n) is 3.72. The molecule has 9 heteroatoms. The SMILES string of the molecule is O=C(CC(Cn1cnnn1)c1ccc(Cl)cc1)NCCc1nccs1. The average Bonchev–Trinajstić information content (AvgIpc) is 3.29. The standard InChI is InChI=1S/C16H17ClN6OS/c17-14-3-1-12(2-4-14)13(10-23-11-20-21-22-23)9-15(24)18-6-5-16-19-7-8-25-16/h1-4,7-8,11,13H,5-6,9-10H2,(H,18,24). The van der Waals surface area contributed by atoms with E-state index in [1.807, 2.05) is 29.6 Å². The molecule has 1 aromatic carbocycles. The molecular weight excluding hydrogens is 360 g/mol. The van der Waals surface area contributed by atoms with Gasteiger partial charge in [0.05, 0.1) is 11.6 Å². The number of benzene rings is 1. The molecule has 2 aromatic heterocycles. The van der Waals surface area contributed by atoms with E-state index in [-0.39, 0.29) is 11.8 Å². The molecule has 130 valence electrons. The highest BCUT2D eigenvalue weighted by molar-refractivity contribution is 7.09. The first kappa shape index (κ1) is 17.5. The van der Waals surface area contributed by atoms with Crippen molar-refractivity contribution in [2.75, 3.05) is 6.54 Å². The summed E-state index contributed by atoms with van der Waals surface area (Å²) >= 11 is 7.55. The Morgan fingerprint density at radius 3 is 2.84 bits per heavy atom. The predicted molar refractivity (Wildman–Crippen MR) is 95.5 cm³/mol. The molecule has 0 aliphatic rings. The van der Waals surface area contributed by atoms with Crippen molar-refractivity contribution >= 4 is 28.8 Å². The van der Waals surface area contributed by atoms with Crippen LogP contribution in [0.2, 0.25) is 5.02 Å². The summed E-state index contributed by atoms with van der Waals surface area (Å²) in [5.41, 5.74) is 1.02. The molecule has 0 bridgehead atoms. The van der Waals surface area contributed by atoms with Crippen molar-refractivity contribution in [3.63, 3.8) is 0 Å². The van der Waals surface area contributed by atoms with Crippen molar-refractivity contribution in [2.45, 2.75) is 25.3 Å². The van der Waals surface area contributed by atoms with Gasteiger partial charge in [-0.05, 0) is 28.1 Å². The van der Waals surface area contributed by atoms with E-state index in [2.05, 4.69) is 25.8 Å². The number of tetrazole rings is 1. The Bertz CT molecular complexity index is 776. The fourth-order valence-electron chi connectivity index (χ4n) is 2.49. The molecule has 0 aliphatic carbocycles. The summed E-state index contributed by atoms with van der Waals surface area (Å²) in [5.74, 6) is -0.0507. The minimum absolute atomic E-state index is 0.00965. The zero-order chi connectivity index (χ0) is 17.5. The Kier molecular flexibility index (Phi) is 6.08. The molecular formula is C16H17ClN6OS. The molecule has 25 heavy (non-hydrogen) atoms. The summed E-state index contributed by atoms with van der Waals surface area (Å²) in [7, 11) is 0. The number of carbonyl (C=O) groups is 1. The first-order valence-corrected chi connectivity index (χ1v) is 9.08. The minimum atomic E-state index is -0.0411. The maximum atomic E-state index is 12.3. The summed E-state index contributed by atoms with van der Waals surface area (Å²) in [5, 5.41) is 17.7. The molecule has 3 aromatic rings. The van der Waals surface area contributed by atoms with Crippen LogP contribution in [0.1, 0.15) is 22.9 Å². The molecule has 0 radical (unpaired) electrons. The smallest absolute Gasteiger partial charge is 0.220 e. The normalized spacial score (nSPS) is 12.0. The Morgan fingerprint density at radius 2 is 2.16 bits per heavy atom. The van der Waals surface area contributed by atoms with Crippen molar-refractivity contribution in [1.82, 2.24) is 30.5 Å². The molecule has 3 rings (SSSR count). The maximum absolute atomic E-state index is 12.3. The maximum Gasteiger partial charge on any atom is 0.220 e. The number of halogens is 1. The largest absolute Gasteiger partial charge is 0.356 e. The van der Waals surface area contributed by atoms with Gasteiger partial charge in [-0.3, -0.25) is 4.79 Å². The predicted octanol–water partition coefficient (Wildman–Crippen LogP) is 2.32. The highest BCUT2D eigenvalue weighted by Gasteiger charge is 2.17. The van der Waals surface area contributed by atoms with Gasteiger partial charge in [-0.2, -0.15) is 0 Å². The van der Waals surface area contributed by atoms with E-state index in [0.717, 1.165) is 17.0 Å². The Labute approximate surface area is 154 Å². The van der Waals surface area contributed by atoms with Crippen LogP contribution >= 0.6 is 22.9 Å². The van der Waals surface area contributed by atoms with Gasteiger partial charge < -0.3 is 5.32 Å². The second-order valence-electron chi connectivity index (χ2n) is 5.51. The van der Waals surface area contributed by atoms with Gasteiger partial charge in [0.15, 0.2) is 0 Å². The highest BCUT2D eigenvalue weighted by Crippen LogP contribution is 2.23. The van der Waals surface area contributed by atoms with Crippen LogP contribution in [0.3, 0.4) is 0 Å². The number of hydrogen-bond acceptors (Lipinski definition) is 6. The minimum Gasteiger partial charge on any atom is -0.356 e. The van der Waals surface area contributed by atoms with Gasteiger partial charge in [0.1, 0.15) is 6.33 Å². The van der Waals surface area contributed by atoms with Gasteiger partial charge in [-0.15, -0.1) is 16.4 Å². The van der Waals surface area contributed by atoms with E-state index in [9.17, 15) is 4.79 Å². The number of thiazole rings is 1. The Balaban J connectivity index is 1.60. The summed E-state index contributed by atoms with van der Waals surface area (Å²) in [6.07, 6.45) is 4.40. The summed E-state index contributed by atoms with van der Waals surface area (Å²) in [4.78, 5) is 16.5. The lowest BCUT2D eigenvalue weighted by molar-refractivity contribution is -0.121. The third-order valence-corrected chi connectivity index (χ3v) is 4.81. The van der Waals surface area contributed by atoms with Crippen molar-refractivity contribution in [3.8, 4) is 0 Å². The lowest BCUT2D eigenvalue weighted by Crippen LogP contribution is -2.28. The van der Waals surface area contributed by atoms with Crippen LogP contribution in [0.15, 0.2) is 42.2 Å². The van der Waals surface area contributed by atoms with Crippen LogP contribution in [0.25, 0.3) is 0 Å². The van der Waals surface area contributed by atoms with Crippen LogP contribution in [-0.2, 0) is 17.8 Å². The lowest BCUT2D eigenvalue weighted by atomic mass is 9.95. The first-order chi connectivity index (χ1) is 12.2. The van der Waals surface area contributed by atoms with Gasteiger partial charge in [0.2, 0.25) is 5.91 Å². The van der Waals surface area contributed by atoms with Crippen molar-refractivity contribution < 1.29 is 4.79 Å². The molecule has 1 atom stereocenters. The molecule has 0 spiro atoms. The number of nitrogens with zero attached hydrogens (tertiary/aromatic N) is 5. The zero-order valence-corrected chi connectivity index (χ0v) is 15.0. The Hall–Kier alpha value is -2.32.